The highest BCUT2D eigenvalue weighted by Crippen LogP contribution is 2.10. The minimum Gasteiger partial charge on any atom is -0.462 e. The third-order valence-corrected chi connectivity index (χ3v) is 2.12. The van der Waals surface area contributed by atoms with E-state index in [9.17, 15) is 4.79 Å². The number of hydrogen-bond donors (Lipinski definition) is 1. The molecule has 2 aromatic rings. The van der Waals surface area contributed by atoms with E-state index in [0.717, 1.165) is 5.69 Å². The number of ether oxygens (including phenoxy) is 1. The summed E-state index contributed by atoms with van der Waals surface area (Å²) in [7, 11) is 0. The zero-order valence-electron chi connectivity index (χ0n) is 9.33. The first-order chi connectivity index (χ1) is 8.20. The van der Waals surface area contributed by atoms with E-state index in [1.807, 2.05) is 0 Å². The fourth-order valence-corrected chi connectivity index (χ4v) is 1.36. The van der Waals surface area contributed by atoms with E-state index in [2.05, 4.69) is 10.1 Å². The van der Waals surface area contributed by atoms with Gasteiger partial charge < -0.3 is 10.5 Å². The van der Waals surface area contributed by atoms with Crippen molar-refractivity contribution in [3.8, 4) is 5.69 Å². The topological polar surface area (TPSA) is 83.0 Å². The second-order valence-corrected chi connectivity index (χ2v) is 3.33. The van der Waals surface area contributed by atoms with Crippen LogP contribution >= 0.6 is 0 Å². The summed E-state index contributed by atoms with van der Waals surface area (Å²) < 4.78 is 6.42. The largest absolute Gasteiger partial charge is 0.462 e. The average Bonchev–Trinajstić information content (AvgIpc) is 2.78. The Morgan fingerprint density at radius 3 is 3.12 bits per heavy atom. The fourth-order valence-electron chi connectivity index (χ4n) is 1.36. The zero-order valence-corrected chi connectivity index (χ0v) is 9.33. The number of nitrogens with zero attached hydrogens (tertiary/aromatic N) is 3. The molecule has 2 aromatic heterocycles. The molecule has 0 aliphatic heterocycles. The Hall–Kier alpha value is -2.37. The molecule has 6 heteroatoms. The summed E-state index contributed by atoms with van der Waals surface area (Å²) in [4.78, 5) is 15.3. The Balaban J connectivity index is 2.27. The molecule has 2 heterocycles. The highest BCUT2D eigenvalue weighted by atomic mass is 16.5. The third kappa shape index (κ3) is 2.41. The van der Waals surface area contributed by atoms with Gasteiger partial charge in [0, 0.05) is 18.5 Å². The van der Waals surface area contributed by atoms with E-state index in [4.69, 9.17) is 10.5 Å². The summed E-state index contributed by atoms with van der Waals surface area (Å²) in [5.74, 6) is 0.0106. The number of aromatic nitrogens is 3. The van der Waals surface area contributed by atoms with E-state index in [0.29, 0.717) is 18.0 Å². The predicted octanol–water partition coefficient (Wildman–Crippen LogP) is 1.03. The molecule has 0 saturated carbocycles. The molecule has 0 aliphatic carbocycles. The molecular formula is C11H12N4O2. The van der Waals surface area contributed by atoms with Gasteiger partial charge in [0.1, 0.15) is 5.82 Å². The maximum absolute atomic E-state index is 11.4. The first kappa shape index (κ1) is 11.1. The summed E-state index contributed by atoms with van der Waals surface area (Å²) in [5, 5.41) is 4.06. The lowest BCUT2D eigenvalue weighted by atomic mass is 10.3. The van der Waals surface area contributed by atoms with Crippen LogP contribution < -0.4 is 5.73 Å². The first-order valence-electron chi connectivity index (χ1n) is 5.14. The molecule has 0 spiro atoms. The number of rotatable bonds is 3. The van der Waals surface area contributed by atoms with Gasteiger partial charge in [-0.25, -0.2) is 14.5 Å². The molecule has 17 heavy (non-hydrogen) atoms. The Labute approximate surface area is 98.0 Å². The Kier molecular flexibility index (Phi) is 3.04. The molecule has 0 aliphatic rings. The number of nitrogens with two attached hydrogens (primary N) is 1. The van der Waals surface area contributed by atoms with E-state index in [1.54, 1.807) is 36.1 Å². The van der Waals surface area contributed by atoms with Crippen LogP contribution in [-0.2, 0) is 4.74 Å². The highest BCUT2D eigenvalue weighted by Gasteiger charge is 2.10. The van der Waals surface area contributed by atoms with Gasteiger partial charge in [0.2, 0.25) is 0 Å². The van der Waals surface area contributed by atoms with Crippen LogP contribution in [0.4, 0.5) is 5.82 Å². The Bertz CT molecular complexity index is 536. The second-order valence-electron chi connectivity index (χ2n) is 3.33. The average molecular weight is 232 g/mol. The Morgan fingerprint density at radius 1 is 1.59 bits per heavy atom. The van der Waals surface area contributed by atoms with Gasteiger partial charge in [-0.1, -0.05) is 0 Å². The number of carbonyl (C=O) groups excluding carboxylic acids is 1. The molecule has 0 bridgehead atoms. The molecule has 88 valence electrons. The zero-order chi connectivity index (χ0) is 12.3. The van der Waals surface area contributed by atoms with Gasteiger partial charge in [0.15, 0.2) is 0 Å². The van der Waals surface area contributed by atoms with Crippen LogP contribution in [0.3, 0.4) is 0 Å². The van der Waals surface area contributed by atoms with Crippen molar-refractivity contribution in [2.45, 2.75) is 6.92 Å². The van der Waals surface area contributed by atoms with Gasteiger partial charge >= 0.3 is 5.97 Å². The van der Waals surface area contributed by atoms with Gasteiger partial charge in [-0.15, -0.1) is 0 Å². The quantitative estimate of drug-likeness (QED) is 0.799. The third-order valence-electron chi connectivity index (χ3n) is 2.12. The van der Waals surface area contributed by atoms with Crippen LogP contribution in [0.2, 0.25) is 0 Å². The normalized spacial score (nSPS) is 10.2. The number of anilines is 1. The van der Waals surface area contributed by atoms with E-state index < -0.39 is 0 Å². The summed E-state index contributed by atoms with van der Waals surface area (Å²) in [6.07, 6.45) is 4.62. The van der Waals surface area contributed by atoms with E-state index in [1.165, 1.54) is 6.20 Å². The van der Waals surface area contributed by atoms with Gasteiger partial charge in [-0.3, -0.25) is 0 Å². The van der Waals surface area contributed by atoms with Crippen LogP contribution in [-0.4, -0.2) is 27.3 Å². The van der Waals surface area contributed by atoms with Crippen LogP contribution in [0.5, 0.6) is 0 Å². The Morgan fingerprint density at radius 2 is 2.41 bits per heavy atom. The lowest BCUT2D eigenvalue weighted by molar-refractivity contribution is 0.0526. The van der Waals surface area contributed by atoms with Crippen LogP contribution in [0, 0.1) is 0 Å². The summed E-state index contributed by atoms with van der Waals surface area (Å²) in [5.41, 5.74) is 6.71. The van der Waals surface area contributed by atoms with Crippen molar-refractivity contribution in [2.24, 2.45) is 0 Å². The second kappa shape index (κ2) is 4.65. The standard InChI is InChI=1S/C11H12N4O2/c1-2-17-11(16)8-6-14-15(7-8)9-3-4-13-10(12)5-9/h3-7H,2H2,1H3,(H2,12,13). The van der Waals surface area contributed by atoms with Crippen molar-refractivity contribution >= 4 is 11.8 Å². The van der Waals surface area contributed by atoms with Crippen molar-refractivity contribution in [2.75, 3.05) is 12.3 Å². The molecule has 0 unspecified atom stereocenters. The number of carbonyl (C=O) groups is 1. The van der Waals surface area contributed by atoms with Crippen LogP contribution in [0.25, 0.3) is 5.69 Å². The van der Waals surface area contributed by atoms with E-state index in [-0.39, 0.29) is 5.97 Å². The minimum atomic E-state index is -0.388. The van der Waals surface area contributed by atoms with Crippen LogP contribution in [0.1, 0.15) is 17.3 Å². The van der Waals surface area contributed by atoms with Crippen molar-refractivity contribution < 1.29 is 9.53 Å². The maximum atomic E-state index is 11.4. The lowest BCUT2D eigenvalue weighted by Crippen LogP contribution is -2.03. The number of esters is 1. The first-order valence-corrected chi connectivity index (χ1v) is 5.14. The SMILES string of the molecule is CCOC(=O)c1cnn(-c2ccnc(N)c2)c1. The highest BCUT2D eigenvalue weighted by molar-refractivity contribution is 5.88. The van der Waals surface area contributed by atoms with Gasteiger partial charge in [0.05, 0.1) is 24.1 Å². The molecule has 6 nitrogen and oxygen atoms in total. The maximum Gasteiger partial charge on any atom is 0.341 e. The molecule has 0 atom stereocenters. The molecule has 0 saturated heterocycles. The van der Waals surface area contributed by atoms with E-state index >= 15 is 0 Å². The van der Waals surface area contributed by atoms with Crippen molar-refractivity contribution in [1.29, 1.82) is 0 Å². The van der Waals surface area contributed by atoms with Crippen molar-refractivity contribution in [1.82, 2.24) is 14.8 Å². The molecule has 0 amide bonds. The van der Waals surface area contributed by atoms with Crippen LogP contribution in [0.15, 0.2) is 30.7 Å². The number of pyridine rings is 1. The van der Waals surface area contributed by atoms with Crippen molar-refractivity contribution in [3.63, 3.8) is 0 Å². The monoisotopic (exact) mass is 232 g/mol. The fraction of sp³-hybridized carbons (Fsp3) is 0.182. The smallest absolute Gasteiger partial charge is 0.341 e. The molecular weight excluding hydrogens is 220 g/mol. The molecule has 0 fully saturated rings. The van der Waals surface area contributed by atoms with Gasteiger partial charge in [0.25, 0.3) is 0 Å². The predicted molar refractivity (Wildman–Crippen MR) is 61.7 cm³/mol. The molecule has 2 N–H and O–H groups in total. The summed E-state index contributed by atoms with van der Waals surface area (Å²) >= 11 is 0. The minimum absolute atomic E-state index is 0.340. The number of hydrogen-bond acceptors (Lipinski definition) is 5. The number of nitrogen functional groups attached to an aromatic ring is 1. The summed E-state index contributed by atoms with van der Waals surface area (Å²) in [6.45, 7) is 2.10. The molecule has 2 rings (SSSR count). The van der Waals surface area contributed by atoms with Gasteiger partial charge in [-0.2, -0.15) is 5.10 Å². The van der Waals surface area contributed by atoms with Gasteiger partial charge in [-0.05, 0) is 13.0 Å². The lowest BCUT2D eigenvalue weighted by Gasteiger charge is -2.01. The molecule has 0 radical (unpaired) electrons. The molecule has 0 aromatic carbocycles. The van der Waals surface area contributed by atoms with Crippen molar-refractivity contribution in [3.05, 3.63) is 36.3 Å². The summed E-state index contributed by atoms with van der Waals surface area (Å²) in [6, 6.07) is 3.42.